The number of hydrogen-bond acceptors (Lipinski definition) is 7. The fourth-order valence-corrected chi connectivity index (χ4v) is 3.59. The highest BCUT2D eigenvalue weighted by Gasteiger charge is 2.26. The highest BCUT2D eigenvalue weighted by molar-refractivity contribution is 7.99. The lowest BCUT2D eigenvalue weighted by Crippen LogP contribution is -2.17. The smallest absolute Gasteiger partial charge is 0.247 e. The van der Waals surface area contributed by atoms with Crippen LogP contribution in [0.15, 0.2) is 53.7 Å². The summed E-state index contributed by atoms with van der Waals surface area (Å²) in [5.74, 6) is 2.27. The molecule has 144 valence electrons. The molecule has 0 spiro atoms. The summed E-state index contributed by atoms with van der Waals surface area (Å²) in [5.41, 5.74) is 3.49. The number of ether oxygens (including phenoxy) is 2. The Morgan fingerprint density at radius 1 is 1.07 bits per heavy atom. The molecule has 0 fully saturated rings. The van der Waals surface area contributed by atoms with Crippen molar-refractivity contribution in [1.82, 2.24) is 15.2 Å². The van der Waals surface area contributed by atoms with Crippen LogP contribution in [0.2, 0.25) is 0 Å². The minimum atomic E-state index is -0.390. The normalized spacial score (nSPS) is 14.9. The summed E-state index contributed by atoms with van der Waals surface area (Å²) >= 11 is 1.58. The molecule has 0 saturated carbocycles. The topological polar surface area (TPSA) is 69.2 Å². The molecule has 2 heterocycles. The van der Waals surface area contributed by atoms with Crippen molar-refractivity contribution >= 4 is 17.4 Å². The van der Waals surface area contributed by atoms with Gasteiger partial charge in [-0.2, -0.15) is 4.98 Å². The van der Waals surface area contributed by atoms with Gasteiger partial charge in [0, 0.05) is 22.6 Å². The third kappa shape index (κ3) is 3.89. The third-order valence-electron chi connectivity index (χ3n) is 4.26. The molecule has 1 N–H and O–H groups in total. The van der Waals surface area contributed by atoms with E-state index in [1.165, 1.54) is 0 Å². The van der Waals surface area contributed by atoms with Crippen LogP contribution < -0.4 is 14.8 Å². The molecule has 0 amide bonds. The Bertz CT molecular complexity index is 949. The molecule has 0 radical (unpaired) electrons. The first kappa shape index (κ1) is 18.6. The Morgan fingerprint density at radius 3 is 2.68 bits per heavy atom. The fourth-order valence-electron chi connectivity index (χ4n) is 2.96. The van der Waals surface area contributed by atoms with Crippen LogP contribution >= 0.6 is 11.8 Å². The van der Waals surface area contributed by atoms with E-state index in [1.54, 1.807) is 11.8 Å². The Labute approximate surface area is 168 Å². The van der Waals surface area contributed by atoms with Gasteiger partial charge in [0.05, 0.1) is 6.61 Å². The zero-order valence-corrected chi connectivity index (χ0v) is 16.7. The second-order valence-electron chi connectivity index (χ2n) is 6.29. The summed E-state index contributed by atoms with van der Waals surface area (Å²) in [6.45, 7) is 4.74. The van der Waals surface area contributed by atoms with Gasteiger partial charge in [-0.1, -0.05) is 36.9 Å². The number of hydrogen-bond donors (Lipinski definition) is 1. The second kappa shape index (κ2) is 8.48. The highest BCUT2D eigenvalue weighted by Crippen LogP contribution is 2.39. The van der Waals surface area contributed by atoms with Crippen LogP contribution in [0.5, 0.6) is 11.6 Å². The Balaban J connectivity index is 1.72. The molecule has 7 heteroatoms. The highest BCUT2D eigenvalue weighted by atomic mass is 32.2. The zero-order chi connectivity index (χ0) is 19.3. The van der Waals surface area contributed by atoms with E-state index < -0.39 is 0 Å². The molecule has 1 atom stereocenters. The number of thioether (sulfide) groups is 1. The predicted molar refractivity (Wildman–Crippen MR) is 111 cm³/mol. The van der Waals surface area contributed by atoms with E-state index in [9.17, 15) is 0 Å². The van der Waals surface area contributed by atoms with Crippen molar-refractivity contribution in [3.63, 3.8) is 0 Å². The Morgan fingerprint density at radius 2 is 1.89 bits per heavy atom. The monoisotopic (exact) mass is 394 g/mol. The van der Waals surface area contributed by atoms with Crippen molar-refractivity contribution in [3.05, 3.63) is 54.1 Å². The first-order valence-electron chi connectivity index (χ1n) is 9.41. The molecule has 0 bridgehead atoms. The van der Waals surface area contributed by atoms with E-state index in [2.05, 4.69) is 27.4 Å². The van der Waals surface area contributed by atoms with Crippen LogP contribution in [-0.4, -0.2) is 27.5 Å². The summed E-state index contributed by atoms with van der Waals surface area (Å²) in [4.78, 5) is 4.63. The van der Waals surface area contributed by atoms with Gasteiger partial charge in [0.15, 0.2) is 11.9 Å². The molecule has 0 saturated heterocycles. The minimum Gasteiger partial charge on any atom is -0.494 e. The van der Waals surface area contributed by atoms with E-state index in [0.29, 0.717) is 23.3 Å². The lowest BCUT2D eigenvalue weighted by Gasteiger charge is -2.19. The molecule has 0 unspecified atom stereocenters. The van der Waals surface area contributed by atoms with Crippen LogP contribution in [0.1, 0.15) is 32.1 Å². The van der Waals surface area contributed by atoms with Gasteiger partial charge in [-0.25, -0.2) is 0 Å². The quantitative estimate of drug-likeness (QED) is 0.594. The van der Waals surface area contributed by atoms with Gasteiger partial charge in [-0.3, -0.25) is 0 Å². The number of fused-ring (bicyclic) bond motifs is 3. The number of nitrogens with zero attached hydrogens (tertiary/aromatic N) is 3. The largest absolute Gasteiger partial charge is 0.494 e. The van der Waals surface area contributed by atoms with Crippen molar-refractivity contribution in [2.24, 2.45) is 0 Å². The molecule has 1 aliphatic heterocycles. The molecule has 1 aromatic heterocycles. The van der Waals surface area contributed by atoms with Gasteiger partial charge < -0.3 is 14.8 Å². The Hall–Kier alpha value is -2.80. The van der Waals surface area contributed by atoms with E-state index >= 15 is 0 Å². The molecule has 28 heavy (non-hydrogen) atoms. The molecular formula is C21H22N4O2S. The molecule has 3 aromatic rings. The average Bonchev–Trinajstić information content (AvgIpc) is 2.89. The summed E-state index contributed by atoms with van der Waals surface area (Å²) in [6, 6.07) is 15.9. The van der Waals surface area contributed by atoms with Gasteiger partial charge >= 0.3 is 0 Å². The van der Waals surface area contributed by atoms with Crippen LogP contribution in [0.4, 0.5) is 5.69 Å². The number of benzene rings is 2. The molecule has 6 nitrogen and oxygen atoms in total. The number of rotatable bonds is 6. The van der Waals surface area contributed by atoms with Gasteiger partial charge in [0.2, 0.25) is 11.0 Å². The first-order valence-corrected chi connectivity index (χ1v) is 10.4. The van der Waals surface area contributed by atoms with E-state index in [1.807, 2.05) is 55.5 Å². The van der Waals surface area contributed by atoms with Crippen molar-refractivity contribution in [2.45, 2.75) is 31.7 Å². The van der Waals surface area contributed by atoms with Crippen molar-refractivity contribution in [1.29, 1.82) is 0 Å². The summed E-state index contributed by atoms with van der Waals surface area (Å²) < 4.78 is 11.8. The third-order valence-corrected chi connectivity index (χ3v) is 5.31. The standard InChI is InChI=1S/C21H22N4O2S/c1-3-13-28-21-23-20-18(24-25-21)16-7-5-6-8-17(16)22-19(27-20)14-9-11-15(12-10-14)26-4-2/h5-12,19,22H,3-4,13H2,1-2H3/t19-/m1/s1. The number of aromatic nitrogens is 3. The van der Waals surface area contributed by atoms with Crippen LogP contribution in [0.3, 0.4) is 0 Å². The maximum atomic E-state index is 6.27. The van der Waals surface area contributed by atoms with Crippen molar-refractivity contribution in [3.8, 4) is 22.9 Å². The average molecular weight is 395 g/mol. The van der Waals surface area contributed by atoms with Crippen molar-refractivity contribution < 1.29 is 9.47 Å². The lowest BCUT2D eigenvalue weighted by atomic mass is 10.1. The molecule has 4 rings (SSSR count). The molecule has 1 aliphatic rings. The first-order chi connectivity index (χ1) is 13.8. The maximum Gasteiger partial charge on any atom is 0.247 e. The van der Waals surface area contributed by atoms with Crippen molar-refractivity contribution in [2.75, 3.05) is 17.7 Å². The van der Waals surface area contributed by atoms with Gasteiger partial charge in [0.1, 0.15) is 5.75 Å². The van der Waals surface area contributed by atoms with Crippen LogP contribution in [0.25, 0.3) is 11.3 Å². The maximum absolute atomic E-state index is 6.27. The van der Waals surface area contributed by atoms with Gasteiger partial charge in [-0.15, -0.1) is 10.2 Å². The van der Waals surface area contributed by atoms with Crippen LogP contribution in [0, 0.1) is 0 Å². The predicted octanol–water partition coefficient (Wildman–Crippen LogP) is 4.94. The fraction of sp³-hybridized carbons (Fsp3) is 0.286. The van der Waals surface area contributed by atoms with E-state index in [4.69, 9.17) is 9.47 Å². The lowest BCUT2D eigenvalue weighted by molar-refractivity contribution is 0.225. The molecule has 2 aromatic carbocycles. The zero-order valence-electron chi connectivity index (χ0n) is 15.9. The number of para-hydroxylation sites is 1. The summed E-state index contributed by atoms with van der Waals surface area (Å²) in [6.07, 6.45) is 0.657. The second-order valence-corrected chi connectivity index (χ2v) is 7.35. The van der Waals surface area contributed by atoms with E-state index in [0.717, 1.165) is 34.7 Å². The van der Waals surface area contributed by atoms with Crippen LogP contribution in [-0.2, 0) is 0 Å². The van der Waals surface area contributed by atoms with Gasteiger partial charge in [0.25, 0.3) is 0 Å². The summed E-state index contributed by atoms with van der Waals surface area (Å²) in [7, 11) is 0. The summed E-state index contributed by atoms with van der Waals surface area (Å²) in [5, 5.41) is 12.8. The SMILES string of the molecule is CCCSc1nnc2c(n1)O[C@H](c1ccc(OCC)cc1)Nc1ccccc1-2. The van der Waals surface area contributed by atoms with E-state index in [-0.39, 0.29) is 6.23 Å². The van der Waals surface area contributed by atoms with Gasteiger partial charge in [-0.05, 0) is 43.7 Å². The Kier molecular flexibility index (Phi) is 5.62. The molecular weight excluding hydrogens is 372 g/mol. The minimum absolute atomic E-state index is 0.390. The number of anilines is 1. The molecule has 0 aliphatic carbocycles. The number of nitrogens with one attached hydrogen (secondary N) is 1.